The number of methoxy groups -OCH3 is 1. The molecule has 112 valence electrons. The van der Waals surface area contributed by atoms with Gasteiger partial charge >= 0.3 is 0 Å². The van der Waals surface area contributed by atoms with E-state index in [1.54, 1.807) is 12.1 Å². The third-order valence-electron chi connectivity index (χ3n) is 3.80. The topological polar surface area (TPSA) is 81.4 Å². The number of nitrogen functional groups attached to an aromatic ring is 1. The molecule has 0 amide bonds. The smallest absolute Gasteiger partial charge is 0.244 e. The minimum absolute atomic E-state index is 0.103. The molecule has 0 aromatic heterocycles. The fourth-order valence-electron chi connectivity index (χ4n) is 2.68. The van der Waals surface area contributed by atoms with Crippen LogP contribution in [0, 0.1) is 5.92 Å². The molecule has 0 bridgehead atoms. The summed E-state index contributed by atoms with van der Waals surface area (Å²) < 4.78 is 32.3. The van der Waals surface area contributed by atoms with Crippen LogP contribution < -0.4 is 15.2 Å². The Labute approximate surface area is 120 Å². The summed E-state index contributed by atoms with van der Waals surface area (Å²) in [4.78, 5) is 0.103. The van der Waals surface area contributed by atoms with Gasteiger partial charge in [-0.1, -0.05) is 25.7 Å². The van der Waals surface area contributed by atoms with E-state index in [-0.39, 0.29) is 4.90 Å². The lowest BCUT2D eigenvalue weighted by Crippen LogP contribution is -2.26. The fraction of sp³-hybridized carbons (Fsp3) is 0.571. The van der Waals surface area contributed by atoms with Crippen molar-refractivity contribution in [3.8, 4) is 5.75 Å². The molecule has 0 radical (unpaired) electrons. The summed E-state index contributed by atoms with van der Waals surface area (Å²) in [6, 6.07) is 4.62. The molecule has 1 aliphatic carbocycles. The number of nitrogens with two attached hydrogens (primary N) is 1. The number of rotatable bonds is 6. The van der Waals surface area contributed by atoms with Gasteiger partial charge in [-0.15, -0.1) is 0 Å². The third kappa shape index (κ3) is 3.64. The molecule has 1 fully saturated rings. The Balaban J connectivity index is 2.03. The highest BCUT2D eigenvalue weighted by Gasteiger charge is 2.21. The molecule has 3 N–H and O–H groups in total. The van der Waals surface area contributed by atoms with Gasteiger partial charge in [-0.25, -0.2) is 13.1 Å². The van der Waals surface area contributed by atoms with Crippen molar-refractivity contribution in [3.63, 3.8) is 0 Å². The molecule has 2 rings (SSSR count). The van der Waals surface area contributed by atoms with Crippen molar-refractivity contribution < 1.29 is 13.2 Å². The van der Waals surface area contributed by atoms with Crippen LogP contribution in [0.5, 0.6) is 5.75 Å². The van der Waals surface area contributed by atoms with E-state index < -0.39 is 10.0 Å². The Morgan fingerprint density at radius 1 is 1.35 bits per heavy atom. The predicted octanol–water partition coefficient (Wildman–Crippen LogP) is 2.14. The average Bonchev–Trinajstić information content (AvgIpc) is 2.91. The number of hydrogen-bond acceptors (Lipinski definition) is 4. The quantitative estimate of drug-likeness (QED) is 0.788. The molecular weight excluding hydrogens is 276 g/mol. The van der Waals surface area contributed by atoms with E-state index >= 15 is 0 Å². The van der Waals surface area contributed by atoms with Gasteiger partial charge in [0.15, 0.2) is 0 Å². The van der Waals surface area contributed by atoms with Crippen molar-refractivity contribution in [2.45, 2.75) is 37.0 Å². The van der Waals surface area contributed by atoms with E-state index in [0.717, 1.165) is 6.42 Å². The number of nitrogens with one attached hydrogen (secondary N) is 1. The molecule has 0 aliphatic heterocycles. The van der Waals surface area contributed by atoms with Gasteiger partial charge in [-0.05, 0) is 30.5 Å². The summed E-state index contributed by atoms with van der Waals surface area (Å²) in [5.41, 5.74) is 6.06. The maximum atomic E-state index is 12.3. The molecule has 1 aliphatic rings. The monoisotopic (exact) mass is 298 g/mol. The van der Waals surface area contributed by atoms with Crippen LogP contribution in [0.15, 0.2) is 23.1 Å². The zero-order chi connectivity index (χ0) is 14.6. The molecule has 5 nitrogen and oxygen atoms in total. The number of sulfonamides is 1. The lowest BCUT2D eigenvalue weighted by molar-refractivity contribution is 0.402. The molecule has 0 heterocycles. The Morgan fingerprint density at radius 3 is 2.70 bits per heavy atom. The van der Waals surface area contributed by atoms with Gasteiger partial charge in [0.2, 0.25) is 10.0 Å². The molecule has 0 atom stereocenters. The van der Waals surface area contributed by atoms with Crippen molar-refractivity contribution in [1.82, 2.24) is 4.72 Å². The van der Waals surface area contributed by atoms with Crippen LogP contribution in [0.2, 0.25) is 0 Å². The lowest BCUT2D eigenvalue weighted by Gasteiger charge is -2.13. The third-order valence-corrected chi connectivity index (χ3v) is 5.28. The maximum Gasteiger partial charge on any atom is 0.244 e. The highest BCUT2D eigenvalue weighted by Crippen LogP contribution is 2.28. The molecule has 20 heavy (non-hydrogen) atoms. The van der Waals surface area contributed by atoms with E-state index in [4.69, 9.17) is 10.5 Å². The van der Waals surface area contributed by atoms with Gasteiger partial charge in [-0.3, -0.25) is 0 Å². The normalized spacial score (nSPS) is 16.4. The second kappa shape index (κ2) is 6.45. The van der Waals surface area contributed by atoms with Gasteiger partial charge in [0.05, 0.1) is 7.11 Å². The van der Waals surface area contributed by atoms with E-state index in [1.807, 2.05) is 0 Å². The Hall–Kier alpha value is -1.27. The van der Waals surface area contributed by atoms with Crippen LogP contribution in [0.25, 0.3) is 0 Å². The standard InChI is InChI=1S/C14H22N2O3S/c1-19-13-7-6-12(15)10-14(13)20(17,18)16-9-8-11-4-2-3-5-11/h6-7,10-11,16H,2-5,8-9,15H2,1H3. The van der Waals surface area contributed by atoms with Crippen molar-refractivity contribution in [3.05, 3.63) is 18.2 Å². The highest BCUT2D eigenvalue weighted by molar-refractivity contribution is 7.89. The summed E-state index contributed by atoms with van der Waals surface area (Å²) in [6.07, 6.45) is 5.84. The minimum Gasteiger partial charge on any atom is -0.495 e. The first-order valence-corrected chi connectivity index (χ1v) is 8.44. The second-order valence-electron chi connectivity index (χ2n) is 5.25. The van der Waals surface area contributed by atoms with Gasteiger partial charge in [-0.2, -0.15) is 0 Å². The maximum absolute atomic E-state index is 12.3. The van der Waals surface area contributed by atoms with Gasteiger partial charge in [0.1, 0.15) is 10.6 Å². The Kier molecular flexibility index (Phi) is 4.88. The minimum atomic E-state index is -3.57. The van der Waals surface area contributed by atoms with E-state index in [0.29, 0.717) is 23.9 Å². The first-order chi connectivity index (χ1) is 9.53. The molecule has 1 saturated carbocycles. The summed E-state index contributed by atoms with van der Waals surface area (Å²) in [6.45, 7) is 0.463. The zero-order valence-corrected chi connectivity index (χ0v) is 12.6. The molecule has 0 spiro atoms. The number of hydrogen-bond donors (Lipinski definition) is 2. The lowest BCUT2D eigenvalue weighted by atomic mass is 10.1. The van der Waals surface area contributed by atoms with E-state index in [1.165, 1.54) is 38.9 Å². The molecule has 1 aromatic rings. The van der Waals surface area contributed by atoms with Gasteiger partial charge in [0.25, 0.3) is 0 Å². The van der Waals surface area contributed by atoms with Crippen LogP contribution in [0.4, 0.5) is 5.69 Å². The molecule has 0 saturated heterocycles. The average molecular weight is 298 g/mol. The van der Waals surface area contributed by atoms with E-state index in [2.05, 4.69) is 4.72 Å². The summed E-state index contributed by atoms with van der Waals surface area (Å²) in [7, 11) is -2.12. The summed E-state index contributed by atoms with van der Waals surface area (Å²) in [5.74, 6) is 0.966. The zero-order valence-electron chi connectivity index (χ0n) is 11.8. The number of anilines is 1. The number of ether oxygens (including phenoxy) is 1. The second-order valence-corrected chi connectivity index (χ2v) is 6.98. The van der Waals surface area contributed by atoms with E-state index in [9.17, 15) is 8.42 Å². The van der Waals surface area contributed by atoms with Crippen molar-refractivity contribution in [1.29, 1.82) is 0 Å². The van der Waals surface area contributed by atoms with Crippen molar-refractivity contribution >= 4 is 15.7 Å². The Bertz CT molecular complexity index is 552. The molecule has 1 aromatic carbocycles. The van der Waals surface area contributed by atoms with Crippen LogP contribution in [-0.2, 0) is 10.0 Å². The predicted molar refractivity (Wildman–Crippen MR) is 79.2 cm³/mol. The Morgan fingerprint density at radius 2 is 2.05 bits per heavy atom. The van der Waals surface area contributed by atoms with Crippen LogP contribution in [0.1, 0.15) is 32.1 Å². The molecular formula is C14H22N2O3S. The van der Waals surface area contributed by atoms with Crippen molar-refractivity contribution in [2.24, 2.45) is 5.92 Å². The van der Waals surface area contributed by atoms with Crippen LogP contribution in [-0.4, -0.2) is 22.1 Å². The van der Waals surface area contributed by atoms with Crippen molar-refractivity contribution in [2.75, 3.05) is 19.4 Å². The SMILES string of the molecule is COc1ccc(N)cc1S(=O)(=O)NCCC1CCCC1. The largest absolute Gasteiger partial charge is 0.495 e. The fourth-order valence-corrected chi connectivity index (χ4v) is 3.93. The first kappa shape index (κ1) is 15.1. The molecule has 6 heteroatoms. The van der Waals surface area contributed by atoms with Crippen LogP contribution in [0.3, 0.4) is 0 Å². The van der Waals surface area contributed by atoms with Gasteiger partial charge in [0, 0.05) is 12.2 Å². The number of benzene rings is 1. The highest BCUT2D eigenvalue weighted by atomic mass is 32.2. The summed E-state index contributed by atoms with van der Waals surface area (Å²) in [5, 5.41) is 0. The first-order valence-electron chi connectivity index (χ1n) is 6.96. The van der Waals surface area contributed by atoms with Gasteiger partial charge < -0.3 is 10.5 Å². The summed E-state index contributed by atoms with van der Waals surface area (Å²) >= 11 is 0. The molecule has 0 unspecified atom stereocenters. The van der Waals surface area contributed by atoms with Crippen LogP contribution >= 0.6 is 0 Å².